The van der Waals surface area contributed by atoms with Gasteiger partial charge in [0.2, 0.25) is 0 Å². The molecule has 1 N–H and O–H groups in total. The van der Waals surface area contributed by atoms with Gasteiger partial charge in [0.1, 0.15) is 17.2 Å². The van der Waals surface area contributed by atoms with Gasteiger partial charge in [0.05, 0.1) is 12.1 Å². The van der Waals surface area contributed by atoms with Gasteiger partial charge in [-0.05, 0) is 24.3 Å². The van der Waals surface area contributed by atoms with Crippen LogP contribution in [0.2, 0.25) is 5.02 Å². The average molecular weight is 300 g/mol. The number of ether oxygens (including phenoxy) is 1. The molecule has 20 heavy (non-hydrogen) atoms. The second-order valence-electron chi connectivity index (χ2n) is 3.77. The minimum Gasteiger partial charge on any atom is -0.492 e. The molecule has 0 spiro atoms. The molecule has 2 rings (SSSR count). The van der Waals surface area contributed by atoms with Crippen LogP contribution in [0.3, 0.4) is 0 Å². The minimum atomic E-state index is -1.34. The number of hydrogen-bond donors (Lipinski definition) is 1. The fourth-order valence-electron chi connectivity index (χ4n) is 1.65. The number of carbonyl (C=O) groups is 1. The fourth-order valence-corrected chi connectivity index (χ4v) is 1.88. The van der Waals surface area contributed by atoms with Crippen LogP contribution in [0.4, 0.5) is 8.78 Å². The van der Waals surface area contributed by atoms with Crippen LogP contribution in [0.15, 0.2) is 24.3 Å². The summed E-state index contributed by atoms with van der Waals surface area (Å²) in [5.41, 5.74) is -1.04. The van der Waals surface area contributed by atoms with E-state index in [0.29, 0.717) is 0 Å². The standard InChI is InChI=1S/C13H8ClF2NO3/c1-20-12-7(14)3-2-6(10(12)16)11-8(15)4-5-9(17-11)13(18)19/h2-5H,1H3,(H,18,19). The molecule has 0 bridgehead atoms. The van der Waals surface area contributed by atoms with Crippen LogP contribution in [-0.4, -0.2) is 23.2 Å². The SMILES string of the molecule is COc1c(Cl)ccc(-c2nc(C(=O)O)ccc2F)c1F. The van der Waals surface area contributed by atoms with Crippen LogP contribution in [-0.2, 0) is 0 Å². The van der Waals surface area contributed by atoms with Crippen molar-refractivity contribution in [3.63, 3.8) is 0 Å². The highest BCUT2D eigenvalue weighted by atomic mass is 35.5. The van der Waals surface area contributed by atoms with Crippen LogP contribution in [0, 0.1) is 11.6 Å². The molecule has 1 heterocycles. The summed E-state index contributed by atoms with van der Waals surface area (Å²) >= 11 is 5.74. The fraction of sp³-hybridized carbons (Fsp3) is 0.0769. The molecule has 0 aliphatic carbocycles. The predicted molar refractivity (Wildman–Crippen MR) is 68.1 cm³/mol. The Bertz CT molecular complexity index is 692. The van der Waals surface area contributed by atoms with Gasteiger partial charge in [0.15, 0.2) is 11.6 Å². The van der Waals surface area contributed by atoms with E-state index >= 15 is 0 Å². The maximum absolute atomic E-state index is 14.2. The molecular formula is C13H8ClF2NO3. The van der Waals surface area contributed by atoms with Crippen molar-refractivity contribution in [1.29, 1.82) is 0 Å². The van der Waals surface area contributed by atoms with E-state index in [4.69, 9.17) is 21.4 Å². The van der Waals surface area contributed by atoms with Crippen LogP contribution in [0.25, 0.3) is 11.3 Å². The first-order chi connectivity index (χ1) is 9.45. The van der Waals surface area contributed by atoms with Gasteiger partial charge in [-0.1, -0.05) is 11.6 Å². The Balaban J connectivity index is 2.68. The third kappa shape index (κ3) is 2.42. The number of hydrogen-bond acceptors (Lipinski definition) is 3. The first kappa shape index (κ1) is 14.2. The Morgan fingerprint density at radius 3 is 2.60 bits per heavy atom. The molecule has 0 aliphatic rings. The summed E-state index contributed by atoms with van der Waals surface area (Å²) in [4.78, 5) is 14.4. The number of pyridine rings is 1. The van der Waals surface area contributed by atoms with Gasteiger partial charge < -0.3 is 9.84 Å². The van der Waals surface area contributed by atoms with Gasteiger partial charge in [-0.15, -0.1) is 0 Å². The molecule has 0 aliphatic heterocycles. The van der Waals surface area contributed by atoms with Gasteiger partial charge in [0, 0.05) is 5.56 Å². The van der Waals surface area contributed by atoms with Crippen LogP contribution < -0.4 is 4.74 Å². The highest BCUT2D eigenvalue weighted by molar-refractivity contribution is 6.32. The molecule has 1 aromatic heterocycles. The lowest BCUT2D eigenvalue weighted by molar-refractivity contribution is 0.0690. The van der Waals surface area contributed by atoms with Crippen molar-refractivity contribution in [2.75, 3.05) is 7.11 Å². The number of aromatic nitrogens is 1. The number of nitrogens with zero attached hydrogens (tertiary/aromatic N) is 1. The summed E-state index contributed by atoms with van der Waals surface area (Å²) in [5, 5.41) is 8.85. The lowest BCUT2D eigenvalue weighted by Gasteiger charge is -2.10. The zero-order chi connectivity index (χ0) is 14.9. The van der Waals surface area contributed by atoms with E-state index in [1.807, 2.05) is 0 Å². The molecule has 0 unspecified atom stereocenters. The number of rotatable bonds is 3. The van der Waals surface area contributed by atoms with E-state index in [1.165, 1.54) is 19.2 Å². The van der Waals surface area contributed by atoms with Crippen molar-refractivity contribution in [1.82, 2.24) is 4.98 Å². The molecule has 0 saturated carbocycles. The minimum absolute atomic E-state index is 0.0172. The Morgan fingerprint density at radius 1 is 1.30 bits per heavy atom. The second kappa shape index (κ2) is 5.42. The average Bonchev–Trinajstić information content (AvgIpc) is 2.40. The highest BCUT2D eigenvalue weighted by Gasteiger charge is 2.19. The van der Waals surface area contributed by atoms with Crippen molar-refractivity contribution in [2.45, 2.75) is 0 Å². The Kier molecular flexibility index (Phi) is 3.85. The van der Waals surface area contributed by atoms with Gasteiger partial charge in [-0.25, -0.2) is 18.6 Å². The molecule has 0 saturated heterocycles. The molecule has 2 aromatic rings. The molecule has 104 valence electrons. The number of carboxylic acids is 1. The third-order valence-electron chi connectivity index (χ3n) is 2.57. The Labute approximate surface area is 117 Å². The van der Waals surface area contributed by atoms with E-state index in [1.54, 1.807) is 0 Å². The summed E-state index contributed by atoms with van der Waals surface area (Å²) in [6.07, 6.45) is 0. The van der Waals surface area contributed by atoms with Gasteiger partial charge >= 0.3 is 5.97 Å². The second-order valence-corrected chi connectivity index (χ2v) is 4.18. The number of aromatic carboxylic acids is 1. The normalized spacial score (nSPS) is 10.4. The van der Waals surface area contributed by atoms with E-state index in [-0.39, 0.29) is 16.3 Å². The molecule has 1 aromatic carbocycles. The van der Waals surface area contributed by atoms with Crippen molar-refractivity contribution in [2.24, 2.45) is 0 Å². The van der Waals surface area contributed by atoms with Gasteiger partial charge in [0.25, 0.3) is 0 Å². The molecule has 0 radical (unpaired) electrons. The monoisotopic (exact) mass is 299 g/mol. The predicted octanol–water partition coefficient (Wildman–Crippen LogP) is 3.39. The topological polar surface area (TPSA) is 59.4 Å². The summed E-state index contributed by atoms with van der Waals surface area (Å²) < 4.78 is 32.7. The lowest BCUT2D eigenvalue weighted by atomic mass is 10.1. The van der Waals surface area contributed by atoms with E-state index in [9.17, 15) is 13.6 Å². The van der Waals surface area contributed by atoms with Crippen molar-refractivity contribution < 1.29 is 23.4 Å². The first-order valence-corrected chi connectivity index (χ1v) is 5.75. The molecule has 0 amide bonds. The Hall–Kier alpha value is -2.21. The third-order valence-corrected chi connectivity index (χ3v) is 2.87. The van der Waals surface area contributed by atoms with E-state index in [0.717, 1.165) is 12.1 Å². The summed E-state index contributed by atoms with van der Waals surface area (Å²) in [5.74, 6) is -3.36. The van der Waals surface area contributed by atoms with Crippen molar-refractivity contribution in [3.8, 4) is 17.0 Å². The van der Waals surface area contributed by atoms with Crippen molar-refractivity contribution >= 4 is 17.6 Å². The van der Waals surface area contributed by atoms with Gasteiger partial charge in [-0.2, -0.15) is 0 Å². The quantitative estimate of drug-likeness (QED) is 0.944. The summed E-state index contributed by atoms with van der Waals surface area (Å²) in [6.45, 7) is 0. The summed E-state index contributed by atoms with van der Waals surface area (Å²) in [6, 6.07) is 4.42. The Morgan fingerprint density at radius 2 is 2.00 bits per heavy atom. The molecule has 4 nitrogen and oxygen atoms in total. The maximum atomic E-state index is 14.2. The van der Waals surface area contributed by atoms with E-state index in [2.05, 4.69) is 4.98 Å². The lowest BCUT2D eigenvalue weighted by Crippen LogP contribution is -2.04. The van der Waals surface area contributed by atoms with Crippen LogP contribution in [0.1, 0.15) is 10.5 Å². The van der Waals surface area contributed by atoms with Crippen LogP contribution >= 0.6 is 11.6 Å². The largest absolute Gasteiger partial charge is 0.492 e. The van der Waals surface area contributed by atoms with E-state index < -0.39 is 29.0 Å². The number of methoxy groups -OCH3 is 1. The first-order valence-electron chi connectivity index (χ1n) is 5.38. The van der Waals surface area contributed by atoms with Gasteiger partial charge in [-0.3, -0.25) is 0 Å². The highest BCUT2D eigenvalue weighted by Crippen LogP contribution is 2.35. The molecular weight excluding hydrogens is 292 g/mol. The smallest absolute Gasteiger partial charge is 0.354 e. The molecule has 0 fully saturated rings. The zero-order valence-electron chi connectivity index (χ0n) is 10.2. The molecule has 7 heteroatoms. The number of halogens is 3. The summed E-state index contributed by atoms with van der Waals surface area (Å²) in [7, 11) is 1.21. The van der Waals surface area contributed by atoms with Crippen LogP contribution in [0.5, 0.6) is 5.75 Å². The van der Waals surface area contributed by atoms with Crippen molar-refractivity contribution in [3.05, 3.63) is 46.6 Å². The maximum Gasteiger partial charge on any atom is 0.354 e. The number of carboxylic acid groups (broad SMARTS) is 1. The zero-order valence-corrected chi connectivity index (χ0v) is 10.9. The number of benzene rings is 1. The molecule has 0 atom stereocenters.